The summed E-state index contributed by atoms with van der Waals surface area (Å²) in [6.07, 6.45) is 1.75. The minimum atomic E-state index is 0.749. The summed E-state index contributed by atoms with van der Waals surface area (Å²) in [5.74, 6) is 0.862. The number of pyridine rings is 1. The van der Waals surface area contributed by atoms with Crippen molar-refractivity contribution >= 4 is 23.1 Å². The van der Waals surface area contributed by atoms with Crippen molar-refractivity contribution in [2.75, 3.05) is 26.0 Å². The first-order valence-corrected chi connectivity index (χ1v) is 4.40. The Morgan fingerprint density at radius 2 is 2.00 bits per heavy atom. The Morgan fingerprint density at radius 1 is 1.31 bits per heavy atom. The maximum absolute atomic E-state index is 5.19. The lowest BCUT2D eigenvalue weighted by Gasteiger charge is -2.23. The van der Waals surface area contributed by atoms with Crippen LogP contribution in [0.3, 0.4) is 0 Å². The minimum absolute atomic E-state index is 0.749. The number of nitrogens with zero attached hydrogens (tertiary/aromatic N) is 3. The molecule has 0 aliphatic carbocycles. The van der Waals surface area contributed by atoms with Crippen molar-refractivity contribution in [3.63, 3.8) is 0 Å². The molecular formula is C9H13N3S. The summed E-state index contributed by atoms with van der Waals surface area (Å²) in [5.41, 5.74) is 0. The van der Waals surface area contributed by atoms with Crippen LogP contribution in [0.1, 0.15) is 0 Å². The van der Waals surface area contributed by atoms with Crippen LogP contribution in [0.4, 0.5) is 5.82 Å². The molecule has 1 heterocycles. The third-order valence-corrected chi connectivity index (χ3v) is 2.30. The quantitative estimate of drug-likeness (QED) is 0.630. The molecule has 4 heteroatoms. The van der Waals surface area contributed by atoms with Gasteiger partial charge in [-0.3, -0.25) is 0 Å². The van der Waals surface area contributed by atoms with Gasteiger partial charge in [-0.2, -0.15) is 0 Å². The molecule has 0 spiro atoms. The Bertz CT molecular complexity index is 284. The van der Waals surface area contributed by atoms with Crippen molar-refractivity contribution in [1.29, 1.82) is 0 Å². The summed E-state index contributed by atoms with van der Waals surface area (Å²) in [7, 11) is 5.74. The van der Waals surface area contributed by atoms with Crippen LogP contribution < -0.4 is 4.90 Å². The van der Waals surface area contributed by atoms with Crippen LogP contribution in [0.15, 0.2) is 24.4 Å². The van der Waals surface area contributed by atoms with Gasteiger partial charge in [-0.1, -0.05) is 6.07 Å². The van der Waals surface area contributed by atoms with Gasteiger partial charge in [0, 0.05) is 27.3 Å². The Hall–Kier alpha value is -1.16. The van der Waals surface area contributed by atoms with Crippen LogP contribution in [0.2, 0.25) is 0 Å². The predicted molar refractivity (Wildman–Crippen MR) is 58.9 cm³/mol. The molecule has 0 fully saturated rings. The van der Waals surface area contributed by atoms with E-state index in [1.807, 2.05) is 49.1 Å². The third-order valence-electron chi connectivity index (χ3n) is 1.66. The van der Waals surface area contributed by atoms with Gasteiger partial charge >= 0.3 is 0 Å². The SMILES string of the molecule is CN(C)C(=S)N(C)c1ccccn1. The molecule has 0 radical (unpaired) electrons. The lowest BCUT2D eigenvalue weighted by molar-refractivity contribution is 0.622. The summed E-state index contributed by atoms with van der Waals surface area (Å²) in [6.45, 7) is 0. The fourth-order valence-electron chi connectivity index (χ4n) is 0.950. The van der Waals surface area contributed by atoms with Gasteiger partial charge < -0.3 is 9.80 Å². The summed E-state index contributed by atoms with van der Waals surface area (Å²) < 4.78 is 0. The zero-order valence-electron chi connectivity index (χ0n) is 8.06. The lowest BCUT2D eigenvalue weighted by Crippen LogP contribution is -2.36. The summed E-state index contributed by atoms with van der Waals surface area (Å²) in [4.78, 5) is 7.94. The normalized spacial score (nSPS) is 9.46. The average Bonchev–Trinajstić information content (AvgIpc) is 2.17. The second kappa shape index (κ2) is 4.18. The molecule has 0 atom stereocenters. The molecule has 70 valence electrons. The van der Waals surface area contributed by atoms with Crippen LogP contribution in [0.25, 0.3) is 0 Å². The second-order valence-corrected chi connectivity index (χ2v) is 3.29. The zero-order chi connectivity index (χ0) is 9.84. The van der Waals surface area contributed by atoms with Gasteiger partial charge in [0.2, 0.25) is 0 Å². The fraction of sp³-hybridized carbons (Fsp3) is 0.333. The highest BCUT2D eigenvalue weighted by atomic mass is 32.1. The topological polar surface area (TPSA) is 19.4 Å². The van der Waals surface area contributed by atoms with Crippen LogP contribution >= 0.6 is 12.2 Å². The molecule has 1 aromatic heterocycles. The number of hydrogen-bond donors (Lipinski definition) is 0. The largest absolute Gasteiger partial charge is 0.355 e. The highest BCUT2D eigenvalue weighted by molar-refractivity contribution is 7.80. The van der Waals surface area contributed by atoms with E-state index in [1.165, 1.54) is 0 Å². The molecule has 0 bridgehead atoms. The number of thiocarbonyl (C=S) groups is 1. The lowest BCUT2D eigenvalue weighted by atomic mass is 10.4. The van der Waals surface area contributed by atoms with Gasteiger partial charge in [-0.15, -0.1) is 0 Å². The molecule has 0 saturated heterocycles. The molecule has 0 aromatic carbocycles. The number of rotatable bonds is 1. The Kier molecular flexibility index (Phi) is 3.19. The molecule has 0 N–H and O–H groups in total. The molecule has 13 heavy (non-hydrogen) atoms. The predicted octanol–water partition coefficient (Wildman–Crippen LogP) is 1.36. The van der Waals surface area contributed by atoms with Crippen molar-refractivity contribution in [1.82, 2.24) is 9.88 Å². The Labute approximate surface area is 84.0 Å². The Morgan fingerprint density at radius 3 is 2.46 bits per heavy atom. The summed E-state index contributed by atoms with van der Waals surface area (Å²) in [6, 6.07) is 5.75. The van der Waals surface area contributed by atoms with Crippen LogP contribution in [0, 0.1) is 0 Å². The Balaban J connectivity index is 2.80. The van der Waals surface area contributed by atoms with Crippen molar-refractivity contribution in [3.8, 4) is 0 Å². The number of aromatic nitrogens is 1. The van der Waals surface area contributed by atoms with E-state index in [-0.39, 0.29) is 0 Å². The highest BCUT2D eigenvalue weighted by Gasteiger charge is 2.08. The van der Waals surface area contributed by atoms with E-state index in [0.29, 0.717) is 0 Å². The van der Waals surface area contributed by atoms with Crippen molar-refractivity contribution in [3.05, 3.63) is 24.4 Å². The first-order chi connectivity index (χ1) is 6.13. The van der Waals surface area contributed by atoms with Crippen molar-refractivity contribution < 1.29 is 0 Å². The maximum atomic E-state index is 5.19. The first-order valence-electron chi connectivity index (χ1n) is 3.99. The molecule has 0 amide bonds. The van der Waals surface area contributed by atoms with E-state index in [1.54, 1.807) is 6.20 Å². The second-order valence-electron chi connectivity index (χ2n) is 2.92. The van der Waals surface area contributed by atoms with Crippen molar-refractivity contribution in [2.45, 2.75) is 0 Å². The van der Waals surface area contributed by atoms with E-state index in [0.717, 1.165) is 10.9 Å². The van der Waals surface area contributed by atoms with Crippen LogP contribution in [-0.2, 0) is 0 Å². The molecule has 0 aliphatic rings. The van der Waals surface area contributed by atoms with Gasteiger partial charge in [-0.25, -0.2) is 4.98 Å². The molecule has 3 nitrogen and oxygen atoms in total. The van der Waals surface area contributed by atoms with E-state index >= 15 is 0 Å². The van der Waals surface area contributed by atoms with E-state index in [4.69, 9.17) is 12.2 Å². The van der Waals surface area contributed by atoms with Gasteiger partial charge in [0.15, 0.2) is 5.11 Å². The van der Waals surface area contributed by atoms with Gasteiger partial charge in [0.1, 0.15) is 5.82 Å². The van der Waals surface area contributed by atoms with Crippen LogP contribution in [0.5, 0.6) is 0 Å². The number of anilines is 1. The summed E-state index contributed by atoms with van der Waals surface area (Å²) >= 11 is 5.19. The third kappa shape index (κ3) is 2.39. The summed E-state index contributed by atoms with van der Waals surface area (Å²) in [5, 5.41) is 0.749. The van der Waals surface area contributed by atoms with Crippen LogP contribution in [-0.4, -0.2) is 36.1 Å². The molecule has 0 aliphatic heterocycles. The fourth-order valence-corrected chi connectivity index (χ4v) is 1.04. The minimum Gasteiger partial charge on any atom is -0.355 e. The van der Waals surface area contributed by atoms with E-state index in [9.17, 15) is 0 Å². The molecular weight excluding hydrogens is 182 g/mol. The number of hydrogen-bond acceptors (Lipinski definition) is 2. The highest BCUT2D eigenvalue weighted by Crippen LogP contribution is 2.08. The monoisotopic (exact) mass is 195 g/mol. The van der Waals surface area contributed by atoms with E-state index < -0.39 is 0 Å². The standard InChI is InChI=1S/C9H13N3S/c1-11(2)9(13)12(3)8-6-4-5-7-10-8/h4-7H,1-3H3. The van der Waals surface area contributed by atoms with E-state index in [2.05, 4.69) is 4.98 Å². The first kappa shape index (κ1) is 9.92. The molecule has 0 saturated carbocycles. The zero-order valence-corrected chi connectivity index (χ0v) is 8.88. The maximum Gasteiger partial charge on any atom is 0.176 e. The molecule has 1 aromatic rings. The average molecular weight is 195 g/mol. The van der Waals surface area contributed by atoms with Gasteiger partial charge in [-0.05, 0) is 24.4 Å². The van der Waals surface area contributed by atoms with Gasteiger partial charge in [0.25, 0.3) is 0 Å². The molecule has 0 unspecified atom stereocenters. The van der Waals surface area contributed by atoms with Gasteiger partial charge in [0.05, 0.1) is 0 Å². The molecule has 1 rings (SSSR count). The smallest absolute Gasteiger partial charge is 0.176 e. The van der Waals surface area contributed by atoms with Crippen molar-refractivity contribution in [2.24, 2.45) is 0 Å².